The second-order valence-corrected chi connectivity index (χ2v) is 6.16. The maximum Gasteiger partial charge on any atom is 0.319 e. The lowest BCUT2D eigenvalue weighted by atomic mass is 10.1. The third-order valence-electron chi connectivity index (χ3n) is 3.33. The maximum atomic E-state index is 12.1. The normalized spacial score (nSPS) is 10.6. The molecule has 25 heavy (non-hydrogen) atoms. The Morgan fingerprint density at radius 2 is 2.08 bits per heavy atom. The molecule has 2 rings (SSSR count). The van der Waals surface area contributed by atoms with Crippen LogP contribution >= 0.6 is 11.6 Å². The summed E-state index contributed by atoms with van der Waals surface area (Å²) in [5.41, 5.74) is 0.793. The molecule has 0 aliphatic carbocycles. The van der Waals surface area contributed by atoms with Gasteiger partial charge in [-0.15, -0.1) is 0 Å². The van der Waals surface area contributed by atoms with Gasteiger partial charge in [0.2, 0.25) is 0 Å². The van der Waals surface area contributed by atoms with Crippen molar-refractivity contribution in [2.45, 2.75) is 26.3 Å². The predicted octanol–water partition coefficient (Wildman–Crippen LogP) is 1.97. The summed E-state index contributed by atoms with van der Waals surface area (Å²) in [4.78, 5) is 28.2. The second kappa shape index (κ2) is 8.48. The average molecular weight is 365 g/mol. The first-order valence-corrected chi connectivity index (χ1v) is 8.22. The minimum absolute atomic E-state index is 0.0101. The predicted molar refractivity (Wildman–Crippen MR) is 95.8 cm³/mol. The second-order valence-electron chi connectivity index (χ2n) is 5.75. The molecule has 1 heterocycles. The molecule has 0 unspecified atom stereocenters. The first-order valence-electron chi connectivity index (χ1n) is 7.85. The van der Waals surface area contributed by atoms with Crippen molar-refractivity contribution in [3.8, 4) is 0 Å². The number of anilines is 1. The lowest BCUT2D eigenvalue weighted by Gasteiger charge is -2.12. The molecule has 0 aliphatic heterocycles. The maximum absolute atomic E-state index is 12.1. The SMILES string of the molecule is CC(C)NC(=O)c1cc(NC(=O)NCCc2ncnn2C)ccc1Cl. The van der Waals surface area contributed by atoms with E-state index in [-0.39, 0.29) is 18.0 Å². The number of benzene rings is 1. The fraction of sp³-hybridized carbons (Fsp3) is 0.375. The van der Waals surface area contributed by atoms with E-state index in [1.807, 2.05) is 13.8 Å². The van der Waals surface area contributed by atoms with Crippen molar-refractivity contribution in [2.75, 3.05) is 11.9 Å². The van der Waals surface area contributed by atoms with Crippen LogP contribution in [0.4, 0.5) is 10.5 Å². The Hall–Kier alpha value is -2.61. The van der Waals surface area contributed by atoms with Gasteiger partial charge in [0.05, 0.1) is 10.6 Å². The van der Waals surface area contributed by atoms with Crippen molar-refractivity contribution in [3.05, 3.63) is 40.9 Å². The Labute approximate surface area is 151 Å². The van der Waals surface area contributed by atoms with E-state index in [2.05, 4.69) is 26.0 Å². The molecule has 3 amide bonds. The van der Waals surface area contributed by atoms with E-state index in [0.29, 0.717) is 29.2 Å². The molecule has 0 bridgehead atoms. The summed E-state index contributed by atoms with van der Waals surface area (Å²) in [5.74, 6) is 0.491. The van der Waals surface area contributed by atoms with Crippen molar-refractivity contribution >= 4 is 29.2 Å². The zero-order valence-corrected chi connectivity index (χ0v) is 15.1. The van der Waals surface area contributed by atoms with Crippen molar-refractivity contribution in [3.63, 3.8) is 0 Å². The largest absolute Gasteiger partial charge is 0.350 e. The van der Waals surface area contributed by atoms with Crippen LogP contribution in [0.15, 0.2) is 24.5 Å². The molecule has 0 spiro atoms. The summed E-state index contributed by atoms with van der Waals surface area (Å²) in [7, 11) is 1.79. The fourth-order valence-corrected chi connectivity index (χ4v) is 2.33. The number of rotatable bonds is 6. The number of amides is 3. The lowest BCUT2D eigenvalue weighted by molar-refractivity contribution is 0.0943. The highest BCUT2D eigenvalue weighted by molar-refractivity contribution is 6.34. The van der Waals surface area contributed by atoms with Crippen LogP contribution in [-0.2, 0) is 13.5 Å². The summed E-state index contributed by atoms with van der Waals surface area (Å²) in [5, 5.41) is 12.5. The topological polar surface area (TPSA) is 101 Å². The number of nitrogens with one attached hydrogen (secondary N) is 3. The highest BCUT2D eigenvalue weighted by Gasteiger charge is 2.13. The molecule has 2 aromatic rings. The average Bonchev–Trinajstić information content (AvgIpc) is 2.94. The van der Waals surface area contributed by atoms with Crippen LogP contribution in [0.1, 0.15) is 30.0 Å². The monoisotopic (exact) mass is 364 g/mol. The Balaban J connectivity index is 1.92. The van der Waals surface area contributed by atoms with Crippen molar-refractivity contribution in [2.24, 2.45) is 7.05 Å². The Bertz CT molecular complexity index is 759. The number of urea groups is 1. The van der Waals surface area contributed by atoms with E-state index in [0.717, 1.165) is 5.82 Å². The summed E-state index contributed by atoms with van der Waals surface area (Å²) in [6.07, 6.45) is 2.03. The molecule has 134 valence electrons. The van der Waals surface area contributed by atoms with Gasteiger partial charge in [-0.05, 0) is 32.0 Å². The van der Waals surface area contributed by atoms with E-state index >= 15 is 0 Å². The molecule has 1 aromatic carbocycles. The summed E-state index contributed by atoms with van der Waals surface area (Å²) in [6.45, 7) is 4.13. The molecular formula is C16H21ClN6O2. The number of carbonyl (C=O) groups is 2. The van der Waals surface area contributed by atoms with Gasteiger partial charge in [-0.3, -0.25) is 9.48 Å². The molecule has 0 fully saturated rings. The zero-order valence-electron chi connectivity index (χ0n) is 14.3. The van der Waals surface area contributed by atoms with Gasteiger partial charge in [-0.2, -0.15) is 5.10 Å². The van der Waals surface area contributed by atoms with E-state index in [1.165, 1.54) is 6.33 Å². The molecule has 1 aromatic heterocycles. The number of aromatic nitrogens is 3. The highest BCUT2D eigenvalue weighted by Crippen LogP contribution is 2.20. The quantitative estimate of drug-likeness (QED) is 0.729. The van der Waals surface area contributed by atoms with Gasteiger partial charge in [-0.25, -0.2) is 9.78 Å². The Morgan fingerprint density at radius 1 is 1.32 bits per heavy atom. The van der Waals surface area contributed by atoms with Gasteiger partial charge < -0.3 is 16.0 Å². The van der Waals surface area contributed by atoms with Crippen molar-refractivity contribution in [1.29, 1.82) is 0 Å². The first kappa shape index (κ1) is 18.7. The Morgan fingerprint density at radius 3 is 2.72 bits per heavy atom. The van der Waals surface area contributed by atoms with Crippen LogP contribution in [0.25, 0.3) is 0 Å². The van der Waals surface area contributed by atoms with Gasteiger partial charge in [0.15, 0.2) is 0 Å². The third kappa shape index (κ3) is 5.46. The number of carbonyl (C=O) groups excluding carboxylic acids is 2. The number of hydrogen-bond donors (Lipinski definition) is 3. The Kier molecular flexibility index (Phi) is 6.35. The summed E-state index contributed by atoms with van der Waals surface area (Å²) < 4.78 is 1.65. The van der Waals surface area contributed by atoms with Crippen molar-refractivity contribution < 1.29 is 9.59 Å². The molecular weight excluding hydrogens is 344 g/mol. The highest BCUT2D eigenvalue weighted by atomic mass is 35.5. The zero-order chi connectivity index (χ0) is 18.4. The fourth-order valence-electron chi connectivity index (χ4n) is 2.13. The smallest absolute Gasteiger partial charge is 0.319 e. The van der Waals surface area contributed by atoms with Crippen LogP contribution in [0.3, 0.4) is 0 Å². The van der Waals surface area contributed by atoms with Gasteiger partial charge in [-0.1, -0.05) is 11.6 Å². The minimum atomic E-state index is -0.375. The number of nitrogens with zero attached hydrogens (tertiary/aromatic N) is 3. The van der Waals surface area contributed by atoms with Gasteiger partial charge in [0.25, 0.3) is 5.91 Å². The lowest BCUT2D eigenvalue weighted by Crippen LogP contribution is -2.32. The first-order chi connectivity index (χ1) is 11.9. The molecule has 0 atom stereocenters. The van der Waals surface area contributed by atoms with Crippen LogP contribution in [0, 0.1) is 0 Å². The van der Waals surface area contributed by atoms with Gasteiger partial charge in [0, 0.05) is 31.7 Å². The van der Waals surface area contributed by atoms with E-state index in [9.17, 15) is 9.59 Å². The van der Waals surface area contributed by atoms with Crippen LogP contribution < -0.4 is 16.0 Å². The summed E-state index contributed by atoms with van der Waals surface area (Å²) >= 11 is 6.06. The van der Waals surface area contributed by atoms with Crippen LogP contribution in [0.2, 0.25) is 5.02 Å². The van der Waals surface area contributed by atoms with E-state index < -0.39 is 0 Å². The van der Waals surface area contributed by atoms with Gasteiger partial charge >= 0.3 is 6.03 Å². The standard InChI is InChI=1S/C16H21ClN6O2/c1-10(2)21-15(24)12-8-11(4-5-13(12)17)22-16(25)18-7-6-14-19-9-20-23(14)3/h4-5,8-10H,6-7H2,1-3H3,(H,21,24)(H2,18,22,25). The molecule has 3 N–H and O–H groups in total. The molecule has 9 heteroatoms. The number of aryl methyl sites for hydroxylation is 1. The molecule has 0 saturated carbocycles. The molecule has 0 aliphatic rings. The molecule has 0 radical (unpaired) electrons. The molecule has 8 nitrogen and oxygen atoms in total. The van der Waals surface area contributed by atoms with E-state index in [4.69, 9.17) is 11.6 Å². The van der Waals surface area contributed by atoms with E-state index in [1.54, 1.807) is 29.9 Å². The minimum Gasteiger partial charge on any atom is -0.350 e. The third-order valence-corrected chi connectivity index (χ3v) is 3.66. The van der Waals surface area contributed by atoms with Crippen LogP contribution in [0.5, 0.6) is 0 Å². The van der Waals surface area contributed by atoms with Gasteiger partial charge in [0.1, 0.15) is 12.2 Å². The van der Waals surface area contributed by atoms with Crippen LogP contribution in [-0.4, -0.2) is 39.3 Å². The summed E-state index contributed by atoms with van der Waals surface area (Å²) in [6, 6.07) is 4.37. The number of halogens is 1. The molecule has 0 saturated heterocycles. The van der Waals surface area contributed by atoms with Crippen molar-refractivity contribution in [1.82, 2.24) is 25.4 Å². The number of hydrogen-bond acceptors (Lipinski definition) is 4.